The topological polar surface area (TPSA) is 118 Å². The van der Waals surface area contributed by atoms with Gasteiger partial charge in [-0.25, -0.2) is 4.79 Å². The number of ether oxygens (including phenoxy) is 1. The van der Waals surface area contributed by atoms with Crippen molar-refractivity contribution in [1.29, 1.82) is 0 Å². The van der Waals surface area contributed by atoms with Crippen LogP contribution in [0.3, 0.4) is 0 Å². The summed E-state index contributed by atoms with van der Waals surface area (Å²) in [5, 5.41) is 13.1. The summed E-state index contributed by atoms with van der Waals surface area (Å²) >= 11 is 0. The molecule has 23 heavy (non-hydrogen) atoms. The number of hydrogen-bond acceptors (Lipinski definition) is 7. The minimum absolute atomic E-state index is 0.0905. The van der Waals surface area contributed by atoms with Crippen LogP contribution in [0.15, 0.2) is 16.5 Å². The number of amides is 2. The highest BCUT2D eigenvalue weighted by Gasteiger charge is 2.21. The summed E-state index contributed by atoms with van der Waals surface area (Å²) in [6.45, 7) is 3.53. The zero-order valence-corrected chi connectivity index (χ0v) is 12.7. The van der Waals surface area contributed by atoms with Gasteiger partial charge in [0.15, 0.2) is 5.76 Å². The SMILES string of the molecule is COC(=O)N1CCN(CCNC(=O)c2ccc([N+](=O)[O-])o2)CC1. The smallest absolute Gasteiger partial charge is 0.433 e. The highest BCUT2D eigenvalue weighted by molar-refractivity contribution is 5.91. The Balaban J connectivity index is 1.70. The fourth-order valence-corrected chi connectivity index (χ4v) is 2.25. The number of hydrogen-bond donors (Lipinski definition) is 1. The van der Waals surface area contributed by atoms with Gasteiger partial charge in [0.1, 0.15) is 4.92 Å². The Hall–Kier alpha value is -2.62. The van der Waals surface area contributed by atoms with E-state index >= 15 is 0 Å². The number of nitrogens with one attached hydrogen (secondary N) is 1. The molecule has 10 nitrogen and oxygen atoms in total. The van der Waals surface area contributed by atoms with Gasteiger partial charge in [0, 0.05) is 39.3 Å². The highest BCUT2D eigenvalue weighted by atomic mass is 16.6. The Morgan fingerprint density at radius 3 is 2.61 bits per heavy atom. The lowest BCUT2D eigenvalue weighted by molar-refractivity contribution is -0.402. The van der Waals surface area contributed by atoms with Crippen molar-refractivity contribution in [3.63, 3.8) is 0 Å². The van der Waals surface area contributed by atoms with E-state index in [1.54, 1.807) is 4.90 Å². The second-order valence-corrected chi connectivity index (χ2v) is 4.95. The number of nitro groups is 1. The number of methoxy groups -OCH3 is 1. The predicted molar refractivity (Wildman–Crippen MR) is 78.1 cm³/mol. The summed E-state index contributed by atoms with van der Waals surface area (Å²) in [4.78, 5) is 36.7. The van der Waals surface area contributed by atoms with Crippen molar-refractivity contribution >= 4 is 17.9 Å². The molecule has 0 aromatic carbocycles. The number of carbonyl (C=O) groups is 2. The van der Waals surface area contributed by atoms with Crippen LogP contribution in [0.4, 0.5) is 10.7 Å². The van der Waals surface area contributed by atoms with Crippen molar-refractivity contribution in [3.05, 3.63) is 28.0 Å². The Kier molecular flexibility index (Phi) is 5.52. The lowest BCUT2D eigenvalue weighted by Crippen LogP contribution is -2.50. The van der Waals surface area contributed by atoms with Gasteiger partial charge in [0.05, 0.1) is 13.2 Å². The van der Waals surface area contributed by atoms with Crippen LogP contribution >= 0.6 is 0 Å². The first-order chi connectivity index (χ1) is 11.0. The molecule has 1 fully saturated rings. The maximum absolute atomic E-state index is 11.8. The van der Waals surface area contributed by atoms with Crippen molar-refractivity contribution < 1.29 is 23.7 Å². The van der Waals surface area contributed by atoms with Crippen molar-refractivity contribution in [2.45, 2.75) is 0 Å². The zero-order chi connectivity index (χ0) is 16.8. The van der Waals surface area contributed by atoms with Gasteiger partial charge in [-0.3, -0.25) is 19.8 Å². The van der Waals surface area contributed by atoms with E-state index in [1.165, 1.54) is 13.2 Å². The molecule has 2 amide bonds. The molecule has 2 heterocycles. The number of rotatable bonds is 5. The molecule has 0 spiro atoms. The van der Waals surface area contributed by atoms with E-state index in [-0.39, 0.29) is 11.9 Å². The standard InChI is InChI=1S/C13H18N4O6/c1-22-13(19)16-8-6-15(7-9-16)5-4-14-12(18)10-2-3-11(23-10)17(20)21/h2-3H,4-9H2,1H3,(H,14,18). The molecule has 0 aliphatic carbocycles. The van der Waals surface area contributed by atoms with Gasteiger partial charge in [-0.2, -0.15) is 0 Å². The number of piperazine rings is 1. The molecule has 0 bridgehead atoms. The molecule has 10 heteroatoms. The molecule has 0 radical (unpaired) electrons. The van der Waals surface area contributed by atoms with Gasteiger partial charge >= 0.3 is 12.0 Å². The van der Waals surface area contributed by atoms with E-state index in [1.807, 2.05) is 0 Å². The quantitative estimate of drug-likeness (QED) is 0.610. The first kappa shape index (κ1) is 16.7. The second kappa shape index (κ2) is 7.58. The van der Waals surface area contributed by atoms with Crippen molar-refractivity contribution in [1.82, 2.24) is 15.1 Å². The Morgan fingerprint density at radius 2 is 2.04 bits per heavy atom. The summed E-state index contributed by atoms with van der Waals surface area (Å²) in [5.74, 6) is -1.05. The normalized spacial score (nSPS) is 15.3. The predicted octanol–water partition coefficient (Wildman–Crippen LogP) is 0.302. The van der Waals surface area contributed by atoms with E-state index in [0.717, 1.165) is 6.07 Å². The van der Waals surface area contributed by atoms with Crippen molar-refractivity contribution in [2.75, 3.05) is 46.4 Å². The Morgan fingerprint density at radius 1 is 1.35 bits per heavy atom. The Labute approximate surface area is 132 Å². The average Bonchev–Trinajstić information content (AvgIpc) is 3.05. The van der Waals surface area contributed by atoms with Crippen LogP contribution in [-0.2, 0) is 4.74 Å². The molecule has 1 aliphatic rings. The molecule has 0 unspecified atom stereocenters. The minimum atomic E-state index is -0.697. The van der Waals surface area contributed by atoms with Gasteiger partial charge in [0.2, 0.25) is 0 Å². The third kappa shape index (κ3) is 4.42. The van der Waals surface area contributed by atoms with Gasteiger partial charge in [-0.05, 0) is 6.07 Å². The molecule has 1 N–H and O–H groups in total. The lowest BCUT2D eigenvalue weighted by Gasteiger charge is -2.33. The molecule has 1 aromatic heterocycles. The first-order valence-corrected chi connectivity index (χ1v) is 7.09. The number of furan rings is 1. The molecule has 0 atom stereocenters. The Bertz CT molecular complexity index is 579. The minimum Gasteiger partial charge on any atom is -0.453 e. The molecular formula is C13H18N4O6. The van der Waals surface area contributed by atoms with Gasteiger partial charge in [0.25, 0.3) is 5.91 Å². The summed E-state index contributed by atoms with van der Waals surface area (Å²) < 4.78 is 9.48. The monoisotopic (exact) mass is 326 g/mol. The summed E-state index contributed by atoms with van der Waals surface area (Å²) in [6, 6.07) is 2.41. The summed E-state index contributed by atoms with van der Waals surface area (Å²) in [7, 11) is 1.35. The molecule has 2 rings (SSSR count). The second-order valence-electron chi connectivity index (χ2n) is 4.95. The largest absolute Gasteiger partial charge is 0.453 e. The number of nitrogens with zero attached hydrogens (tertiary/aromatic N) is 3. The van der Waals surface area contributed by atoms with Crippen LogP contribution in [0.1, 0.15) is 10.6 Å². The maximum Gasteiger partial charge on any atom is 0.433 e. The van der Waals surface area contributed by atoms with Crippen LogP contribution in [-0.4, -0.2) is 73.1 Å². The van der Waals surface area contributed by atoms with Crippen LogP contribution < -0.4 is 5.32 Å². The van der Waals surface area contributed by atoms with Crippen LogP contribution in [0, 0.1) is 10.1 Å². The van der Waals surface area contributed by atoms with Gasteiger partial charge in [-0.1, -0.05) is 0 Å². The van der Waals surface area contributed by atoms with E-state index < -0.39 is 16.7 Å². The van der Waals surface area contributed by atoms with E-state index in [9.17, 15) is 19.7 Å². The zero-order valence-electron chi connectivity index (χ0n) is 12.7. The third-order valence-corrected chi connectivity index (χ3v) is 3.51. The van der Waals surface area contributed by atoms with Crippen molar-refractivity contribution in [2.24, 2.45) is 0 Å². The molecule has 1 aromatic rings. The number of carbonyl (C=O) groups excluding carboxylic acids is 2. The fourth-order valence-electron chi connectivity index (χ4n) is 2.25. The summed E-state index contributed by atoms with van der Waals surface area (Å²) in [5.41, 5.74) is 0. The lowest BCUT2D eigenvalue weighted by atomic mass is 10.3. The van der Waals surface area contributed by atoms with Gasteiger partial charge < -0.3 is 19.4 Å². The van der Waals surface area contributed by atoms with Crippen LogP contribution in [0.25, 0.3) is 0 Å². The molecular weight excluding hydrogens is 308 g/mol. The molecule has 1 saturated heterocycles. The highest BCUT2D eigenvalue weighted by Crippen LogP contribution is 2.15. The maximum atomic E-state index is 11.8. The van der Waals surface area contributed by atoms with Gasteiger partial charge in [-0.15, -0.1) is 0 Å². The first-order valence-electron chi connectivity index (χ1n) is 7.09. The summed E-state index contributed by atoms with van der Waals surface area (Å²) in [6.07, 6.45) is -0.336. The fraction of sp³-hybridized carbons (Fsp3) is 0.538. The van der Waals surface area contributed by atoms with E-state index in [2.05, 4.69) is 15.0 Å². The molecule has 126 valence electrons. The van der Waals surface area contributed by atoms with E-state index in [4.69, 9.17) is 4.42 Å². The van der Waals surface area contributed by atoms with Crippen molar-refractivity contribution in [3.8, 4) is 0 Å². The van der Waals surface area contributed by atoms with Crippen LogP contribution in [0.2, 0.25) is 0 Å². The van der Waals surface area contributed by atoms with E-state index in [0.29, 0.717) is 39.3 Å². The average molecular weight is 326 g/mol. The van der Waals surface area contributed by atoms with Crippen LogP contribution in [0.5, 0.6) is 0 Å². The molecule has 1 aliphatic heterocycles. The molecule has 0 saturated carbocycles. The third-order valence-electron chi connectivity index (χ3n) is 3.51.